The Hall–Kier alpha value is -3.30. The fourth-order valence-electron chi connectivity index (χ4n) is 2.36. The van der Waals surface area contributed by atoms with E-state index in [1.54, 1.807) is 50.4 Å². The van der Waals surface area contributed by atoms with Crippen molar-refractivity contribution in [3.63, 3.8) is 0 Å². The van der Waals surface area contributed by atoms with Crippen LogP contribution in [0, 0.1) is 11.8 Å². The third-order valence-electron chi connectivity index (χ3n) is 3.98. The number of urea groups is 1. The van der Waals surface area contributed by atoms with Crippen LogP contribution in [0.25, 0.3) is 0 Å². The van der Waals surface area contributed by atoms with Crippen LogP contribution in [0.4, 0.5) is 10.5 Å². The van der Waals surface area contributed by atoms with E-state index < -0.39 is 12.1 Å². The second kappa shape index (κ2) is 10.1. The van der Waals surface area contributed by atoms with Crippen LogP contribution in [-0.4, -0.2) is 48.8 Å². The standard InChI is InChI=1S/C22H24N2O4/c1-16(25)12-13-24(2)22(27)23-20-9-5-7-18(15-20)11-10-17-6-4-8-19(14-17)21(26)28-3/h4-9,14-16,25H,12-13H2,1-3H3,(H,23,27)/t16-/m0/s1. The maximum absolute atomic E-state index is 12.2. The highest BCUT2D eigenvalue weighted by Gasteiger charge is 2.10. The van der Waals surface area contributed by atoms with Crippen LogP contribution in [0.3, 0.4) is 0 Å². The molecule has 0 aliphatic carbocycles. The first kappa shape index (κ1) is 21.0. The Morgan fingerprint density at radius 1 is 1.14 bits per heavy atom. The summed E-state index contributed by atoms with van der Waals surface area (Å²) in [4.78, 5) is 25.3. The normalized spacial score (nSPS) is 11.0. The molecule has 2 N–H and O–H groups in total. The third kappa shape index (κ3) is 6.45. The molecule has 2 aromatic carbocycles. The molecule has 0 saturated heterocycles. The molecule has 28 heavy (non-hydrogen) atoms. The first-order valence-electron chi connectivity index (χ1n) is 8.89. The van der Waals surface area contributed by atoms with E-state index in [1.165, 1.54) is 12.0 Å². The highest BCUT2D eigenvalue weighted by atomic mass is 16.5. The van der Waals surface area contributed by atoms with Gasteiger partial charge in [0.2, 0.25) is 0 Å². The molecule has 2 amide bonds. The van der Waals surface area contributed by atoms with E-state index in [4.69, 9.17) is 4.74 Å². The second-order valence-electron chi connectivity index (χ2n) is 6.39. The van der Waals surface area contributed by atoms with Crippen molar-refractivity contribution < 1.29 is 19.4 Å². The second-order valence-corrected chi connectivity index (χ2v) is 6.39. The Balaban J connectivity index is 2.07. The van der Waals surface area contributed by atoms with E-state index in [2.05, 4.69) is 17.2 Å². The number of amides is 2. The molecule has 0 saturated carbocycles. The van der Waals surface area contributed by atoms with E-state index in [1.807, 2.05) is 12.1 Å². The number of ether oxygens (including phenoxy) is 1. The van der Waals surface area contributed by atoms with Gasteiger partial charge in [0, 0.05) is 30.4 Å². The maximum atomic E-state index is 12.2. The molecule has 6 heteroatoms. The summed E-state index contributed by atoms with van der Waals surface area (Å²) in [6, 6.07) is 13.8. The highest BCUT2D eigenvalue weighted by molar-refractivity contribution is 5.90. The lowest BCUT2D eigenvalue weighted by Crippen LogP contribution is -2.33. The highest BCUT2D eigenvalue weighted by Crippen LogP contribution is 2.12. The van der Waals surface area contributed by atoms with Crippen molar-refractivity contribution in [3.8, 4) is 11.8 Å². The van der Waals surface area contributed by atoms with Crippen LogP contribution in [0.2, 0.25) is 0 Å². The van der Waals surface area contributed by atoms with Gasteiger partial charge in [-0.25, -0.2) is 9.59 Å². The Bertz CT molecular complexity index is 897. The van der Waals surface area contributed by atoms with Crippen LogP contribution >= 0.6 is 0 Å². The van der Waals surface area contributed by atoms with Crippen molar-refractivity contribution in [3.05, 3.63) is 65.2 Å². The van der Waals surface area contributed by atoms with Crippen molar-refractivity contribution in [2.45, 2.75) is 19.4 Å². The summed E-state index contributed by atoms with van der Waals surface area (Å²) in [5, 5.41) is 12.1. The summed E-state index contributed by atoms with van der Waals surface area (Å²) in [6.45, 7) is 2.15. The molecule has 0 aromatic heterocycles. The molecule has 146 valence electrons. The number of carbonyl (C=O) groups is 2. The number of nitrogens with zero attached hydrogens (tertiary/aromatic N) is 1. The fraction of sp³-hybridized carbons (Fsp3) is 0.273. The van der Waals surface area contributed by atoms with Crippen LogP contribution in [0.15, 0.2) is 48.5 Å². The summed E-state index contributed by atoms with van der Waals surface area (Å²) in [6.07, 6.45) is 0.0617. The van der Waals surface area contributed by atoms with Crippen LogP contribution in [0.1, 0.15) is 34.8 Å². The van der Waals surface area contributed by atoms with Gasteiger partial charge in [-0.1, -0.05) is 24.0 Å². The fourth-order valence-corrected chi connectivity index (χ4v) is 2.36. The number of carbonyl (C=O) groups excluding carboxylic acids is 2. The molecular formula is C22H24N2O4. The smallest absolute Gasteiger partial charge is 0.337 e. The minimum absolute atomic E-state index is 0.253. The molecule has 0 aliphatic heterocycles. The lowest BCUT2D eigenvalue weighted by Gasteiger charge is -2.18. The molecule has 0 bridgehead atoms. The molecule has 2 aromatic rings. The monoisotopic (exact) mass is 380 g/mol. The van der Waals surface area contributed by atoms with Gasteiger partial charge in [0.15, 0.2) is 0 Å². The Morgan fingerprint density at radius 3 is 2.43 bits per heavy atom. The first-order valence-corrected chi connectivity index (χ1v) is 8.89. The Kier molecular flexibility index (Phi) is 7.61. The van der Waals surface area contributed by atoms with Gasteiger partial charge in [-0.15, -0.1) is 0 Å². The van der Waals surface area contributed by atoms with Crippen molar-refractivity contribution >= 4 is 17.7 Å². The number of hydrogen-bond acceptors (Lipinski definition) is 4. The predicted molar refractivity (Wildman–Crippen MR) is 108 cm³/mol. The van der Waals surface area contributed by atoms with Gasteiger partial charge in [0.25, 0.3) is 0 Å². The zero-order valence-electron chi connectivity index (χ0n) is 16.2. The summed E-state index contributed by atoms with van der Waals surface area (Å²) >= 11 is 0. The molecule has 2 rings (SSSR count). The zero-order valence-corrected chi connectivity index (χ0v) is 16.2. The van der Waals surface area contributed by atoms with Gasteiger partial charge in [-0.3, -0.25) is 0 Å². The Labute approximate surface area is 165 Å². The molecule has 0 radical (unpaired) electrons. The number of anilines is 1. The van der Waals surface area contributed by atoms with E-state index in [9.17, 15) is 14.7 Å². The van der Waals surface area contributed by atoms with Crippen molar-refractivity contribution in [1.29, 1.82) is 0 Å². The summed E-state index contributed by atoms with van der Waals surface area (Å²) in [7, 11) is 3.01. The van der Waals surface area contributed by atoms with Gasteiger partial charge in [-0.2, -0.15) is 0 Å². The SMILES string of the molecule is COC(=O)c1cccc(C#Cc2cccc(NC(=O)N(C)CC[C@H](C)O)c2)c1. The van der Waals surface area contributed by atoms with Gasteiger partial charge in [0.05, 0.1) is 18.8 Å². The average molecular weight is 380 g/mol. The summed E-state index contributed by atoms with van der Waals surface area (Å²) < 4.78 is 4.71. The van der Waals surface area contributed by atoms with Gasteiger partial charge in [-0.05, 0) is 49.7 Å². The molecule has 6 nitrogen and oxygen atoms in total. The number of aliphatic hydroxyl groups excluding tert-OH is 1. The van der Waals surface area contributed by atoms with Crippen molar-refractivity contribution in [2.24, 2.45) is 0 Å². The van der Waals surface area contributed by atoms with Gasteiger partial charge in [0.1, 0.15) is 0 Å². The maximum Gasteiger partial charge on any atom is 0.337 e. The number of hydrogen-bond donors (Lipinski definition) is 2. The van der Waals surface area contributed by atoms with Crippen LogP contribution in [-0.2, 0) is 4.74 Å². The number of benzene rings is 2. The number of nitrogens with one attached hydrogen (secondary N) is 1. The van der Waals surface area contributed by atoms with E-state index >= 15 is 0 Å². The molecular weight excluding hydrogens is 356 g/mol. The molecule has 0 unspecified atom stereocenters. The predicted octanol–water partition coefficient (Wildman–Crippen LogP) is 3.11. The van der Waals surface area contributed by atoms with Crippen LogP contribution < -0.4 is 5.32 Å². The first-order chi connectivity index (χ1) is 13.4. The molecule has 0 heterocycles. The average Bonchev–Trinajstić information content (AvgIpc) is 2.70. The summed E-state index contributed by atoms with van der Waals surface area (Å²) in [5.41, 5.74) is 2.49. The van der Waals surface area contributed by atoms with Gasteiger partial charge >= 0.3 is 12.0 Å². The lowest BCUT2D eigenvalue weighted by atomic mass is 10.1. The van der Waals surface area contributed by atoms with Crippen molar-refractivity contribution in [1.82, 2.24) is 4.90 Å². The number of esters is 1. The Morgan fingerprint density at radius 2 is 1.79 bits per heavy atom. The largest absolute Gasteiger partial charge is 0.465 e. The van der Waals surface area contributed by atoms with E-state index in [0.717, 1.165) is 5.56 Å². The number of aliphatic hydroxyl groups is 1. The topological polar surface area (TPSA) is 78.9 Å². The van der Waals surface area contributed by atoms with Crippen LogP contribution in [0.5, 0.6) is 0 Å². The van der Waals surface area contributed by atoms with Crippen molar-refractivity contribution in [2.75, 3.05) is 26.0 Å². The van der Waals surface area contributed by atoms with Gasteiger partial charge < -0.3 is 20.1 Å². The quantitative estimate of drug-likeness (QED) is 0.617. The molecule has 0 aliphatic rings. The van der Waals surface area contributed by atoms with E-state index in [-0.39, 0.29) is 6.03 Å². The van der Waals surface area contributed by atoms with E-state index in [0.29, 0.717) is 29.8 Å². The molecule has 1 atom stereocenters. The number of methoxy groups -OCH3 is 1. The molecule has 0 spiro atoms. The number of rotatable bonds is 5. The molecule has 0 fully saturated rings. The zero-order chi connectivity index (χ0) is 20.5. The third-order valence-corrected chi connectivity index (χ3v) is 3.98. The minimum atomic E-state index is -0.452. The summed E-state index contributed by atoms with van der Waals surface area (Å²) in [5.74, 6) is 5.63. The minimum Gasteiger partial charge on any atom is -0.465 e. The lowest BCUT2D eigenvalue weighted by molar-refractivity contribution is 0.0600.